The van der Waals surface area contributed by atoms with Gasteiger partial charge in [-0.15, -0.1) is 22.7 Å². The molecule has 8 heteroatoms. The van der Waals surface area contributed by atoms with Crippen LogP contribution in [-0.4, -0.2) is 41.3 Å². The smallest absolute Gasteiger partial charge is 0.267 e. The summed E-state index contributed by atoms with van der Waals surface area (Å²) < 4.78 is 0. The monoisotopic (exact) mass is 364 g/mol. The highest BCUT2D eigenvalue weighted by molar-refractivity contribution is 7.16. The molecule has 0 fully saturated rings. The second-order valence-electron chi connectivity index (χ2n) is 5.63. The van der Waals surface area contributed by atoms with Crippen LogP contribution in [0.25, 0.3) is 0 Å². The normalized spacial score (nSPS) is 14.2. The Bertz CT molecular complexity index is 712. The summed E-state index contributed by atoms with van der Waals surface area (Å²) in [5.74, 6) is -0.0528. The number of hydrogen-bond donors (Lipinski definition) is 2. The third kappa shape index (κ3) is 4.19. The summed E-state index contributed by atoms with van der Waals surface area (Å²) in [6, 6.07) is 3.65. The molecule has 0 aliphatic carbocycles. The van der Waals surface area contributed by atoms with E-state index < -0.39 is 0 Å². The zero-order chi connectivity index (χ0) is 16.9. The minimum atomic E-state index is -0.119. The summed E-state index contributed by atoms with van der Waals surface area (Å²) in [6.07, 6.45) is 1.75. The summed E-state index contributed by atoms with van der Waals surface area (Å²) >= 11 is 2.91. The molecule has 6 nitrogen and oxygen atoms in total. The number of thiazole rings is 1. The van der Waals surface area contributed by atoms with Gasteiger partial charge in [0.2, 0.25) is 5.91 Å². The molecule has 3 rings (SSSR count). The van der Waals surface area contributed by atoms with Crippen LogP contribution in [0.5, 0.6) is 0 Å². The first kappa shape index (κ1) is 17.1. The number of nitrogens with zero attached hydrogens (tertiary/aromatic N) is 2. The van der Waals surface area contributed by atoms with Gasteiger partial charge in [-0.25, -0.2) is 4.98 Å². The van der Waals surface area contributed by atoms with Crippen molar-refractivity contribution in [2.75, 3.05) is 25.0 Å². The Morgan fingerprint density at radius 3 is 3.04 bits per heavy atom. The Morgan fingerprint density at radius 1 is 1.42 bits per heavy atom. The molecule has 0 saturated heterocycles. The standard InChI is InChI=1S/C16H20N4O2S2/c1-2-6-17-14(21)10-20-7-5-11-13(9-20)24-16(18-11)19-15(22)12-4-3-8-23-12/h3-4,8H,2,5-7,9-10H2,1H3,(H,17,21)(H,18,19,22). The van der Waals surface area contributed by atoms with Crippen molar-refractivity contribution in [3.63, 3.8) is 0 Å². The molecule has 2 amide bonds. The predicted octanol–water partition coefficient (Wildman–Crippen LogP) is 2.34. The molecule has 0 radical (unpaired) electrons. The largest absolute Gasteiger partial charge is 0.355 e. The van der Waals surface area contributed by atoms with Gasteiger partial charge >= 0.3 is 0 Å². The topological polar surface area (TPSA) is 74.3 Å². The van der Waals surface area contributed by atoms with Gasteiger partial charge in [-0.1, -0.05) is 13.0 Å². The molecule has 128 valence electrons. The van der Waals surface area contributed by atoms with E-state index in [1.54, 1.807) is 6.07 Å². The Morgan fingerprint density at radius 2 is 2.29 bits per heavy atom. The molecule has 24 heavy (non-hydrogen) atoms. The third-order valence-electron chi connectivity index (χ3n) is 3.72. The van der Waals surface area contributed by atoms with Crippen LogP contribution in [0.3, 0.4) is 0 Å². The summed E-state index contributed by atoms with van der Waals surface area (Å²) in [5.41, 5.74) is 1.03. The molecule has 2 N–H and O–H groups in total. The number of fused-ring (bicyclic) bond motifs is 1. The number of hydrogen-bond acceptors (Lipinski definition) is 6. The van der Waals surface area contributed by atoms with Crippen LogP contribution in [0.15, 0.2) is 17.5 Å². The zero-order valence-electron chi connectivity index (χ0n) is 13.5. The second-order valence-corrected chi connectivity index (χ2v) is 7.66. The lowest BCUT2D eigenvalue weighted by atomic mass is 10.2. The molecule has 0 spiro atoms. The molecule has 3 heterocycles. The fraction of sp³-hybridized carbons (Fsp3) is 0.438. The van der Waals surface area contributed by atoms with Crippen molar-refractivity contribution >= 4 is 39.6 Å². The van der Waals surface area contributed by atoms with E-state index >= 15 is 0 Å². The minimum absolute atomic E-state index is 0.0658. The van der Waals surface area contributed by atoms with Gasteiger partial charge in [-0.05, 0) is 17.9 Å². The number of carbonyl (C=O) groups is 2. The molecule has 1 aliphatic heterocycles. The van der Waals surface area contributed by atoms with Crippen LogP contribution in [0, 0.1) is 0 Å². The summed E-state index contributed by atoms with van der Waals surface area (Å²) in [5, 5.41) is 8.28. The quantitative estimate of drug-likeness (QED) is 0.825. The number of aromatic nitrogens is 1. The van der Waals surface area contributed by atoms with Gasteiger partial charge in [0.1, 0.15) is 0 Å². The SMILES string of the molecule is CCCNC(=O)CN1CCc2nc(NC(=O)c3cccs3)sc2C1. The average molecular weight is 364 g/mol. The van der Waals surface area contributed by atoms with E-state index in [1.807, 2.05) is 18.4 Å². The van der Waals surface area contributed by atoms with Gasteiger partial charge in [-0.2, -0.15) is 0 Å². The van der Waals surface area contributed by atoms with E-state index in [9.17, 15) is 9.59 Å². The molecular weight excluding hydrogens is 344 g/mol. The van der Waals surface area contributed by atoms with Crippen LogP contribution in [0.1, 0.15) is 33.6 Å². The van der Waals surface area contributed by atoms with E-state index in [0.717, 1.165) is 36.5 Å². The van der Waals surface area contributed by atoms with Crippen molar-refractivity contribution in [1.82, 2.24) is 15.2 Å². The van der Waals surface area contributed by atoms with Gasteiger partial charge in [0.05, 0.1) is 17.1 Å². The lowest BCUT2D eigenvalue weighted by molar-refractivity contribution is -0.122. The maximum atomic E-state index is 12.1. The molecule has 0 bridgehead atoms. The maximum Gasteiger partial charge on any atom is 0.267 e. The fourth-order valence-electron chi connectivity index (χ4n) is 2.53. The van der Waals surface area contributed by atoms with Gasteiger partial charge in [0.15, 0.2) is 5.13 Å². The first-order valence-corrected chi connectivity index (χ1v) is 9.68. The molecule has 0 aromatic carbocycles. The van der Waals surface area contributed by atoms with Crippen LogP contribution in [0.4, 0.5) is 5.13 Å². The van der Waals surface area contributed by atoms with E-state index in [-0.39, 0.29) is 11.8 Å². The van der Waals surface area contributed by atoms with Crippen molar-refractivity contribution in [3.05, 3.63) is 33.0 Å². The molecular formula is C16H20N4O2S2. The van der Waals surface area contributed by atoms with Gasteiger partial charge < -0.3 is 5.32 Å². The van der Waals surface area contributed by atoms with Crippen LogP contribution < -0.4 is 10.6 Å². The van der Waals surface area contributed by atoms with Crippen molar-refractivity contribution in [3.8, 4) is 0 Å². The van der Waals surface area contributed by atoms with Crippen molar-refractivity contribution in [1.29, 1.82) is 0 Å². The molecule has 0 atom stereocenters. The third-order valence-corrected chi connectivity index (χ3v) is 5.58. The maximum absolute atomic E-state index is 12.1. The zero-order valence-corrected chi connectivity index (χ0v) is 15.1. The Balaban J connectivity index is 1.58. The fourth-order valence-corrected chi connectivity index (χ4v) is 4.19. The Kier molecular flexibility index (Phi) is 5.60. The number of amides is 2. The van der Waals surface area contributed by atoms with E-state index in [4.69, 9.17) is 0 Å². The molecule has 2 aromatic heterocycles. The van der Waals surface area contributed by atoms with Crippen LogP contribution in [0.2, 0.25) is 0 Å². The van der Waals surface area contributed by atoms with Crippen LogP contribution in [-0.2, 0) is 17.8 Å². The first-order valence-electron chi connectivity index (χ1n) is 7.98. The molecule has 1 aliphatic rings. The highest BCUT2D eigenvalue weighted by atomic mass is 32.1. The number of thiophene rings is 1. The van der Waals surface area contributed by atoms with Crippen LogP contribution >= 0.6 is 22.7 Å². The minimum Gasteiger partial charge on any atom is -0.355 e. The highest BCUT2D eigenvalue weighted by Gasteiger charge is 2.23. The average Bonchev–Trinajstić information content (AvgIpc) is 3.21. The van der Waals surface area contributed by atoms with E-state index in [1.165, 1.54) is 22.7 Å². The lowest BCUT2D eigenvalue weighted by Crippen LogP contribution is -2.39. The Hall–Kier alpha value is -1.77. The first-order chi connectivity index (χ1) is 11.7. The molecule has 0 unspecified atom stereocenters. The predicted molar refractivity (Wildman–Crippen MR) is 96.7 cm³/mol. The molecule has 0 saturated carbocycles. The molecule has 2 aromatic rings. The summed E-state index contributed by atoms with van der Waals surface area (Å²) in [4.78, 5) is 32.4. The number of carbonyl (C=O) groups excluding carboxylic acids is 2. The highest BCUT2D eigenvalue weighted by Crippen LogP contribution is 2.28. The van der Waals surface area contributed by atoms with E-state index in [2.05, 4.69) is 20.5 Å². The van der Waals surface area contributed by atoms with Crippen molar-refractivity contribution in [2.45, 2.75) is 26.3 Å². The second kappa shape index (κ2) is 7.87. The van der Waals surface area contributed by atoms with Gasteiger partial charge in [0.25, 0.3) is 5.91 Å². The Labute approximate surface area is 148 Å². The number of nitrogens with one attached hydrogen (secondary N) is 2. The van der Waals surface area contributed by atoms with Crippen molar-refractivity contribution < 1.29 is 9.59 Å². The summed E-state index contributed by atoms with van der Waals surface area (Å²) in [7, 11) is 0. The van der Waals surface area contributed by atoms with Gasteiger partial charge in [0, 0.05) is 30.9 Å². The van der Waals surface area contributed by atoms with Crippen molar-refractivity contribution in [2.24, 2.45) is 0 Å². The lowest BCUT2D eigenvalue weighted by Gasteiger charge is -2.25. The van der Waals surface area contributed by atoms with E-state index in [0.29, 0.717) is 23.1 Å². The number of rotatable bonds is 6. The van der Waals surface area contributed by atoms with Gasteiger partial charge in [-0.3, -0.25) is 19.8 Å². The number of anilines is 1. The summed E-state index contributed by atoms with van der Waals surface area (Å²) in [6.45, 7) is 4.69.